The number of fused-ring (bicyclic) bond motifs is 2. The molecule has 56 heavy (non-hydrogen) atoms. The van der Waals surface area contributed by atoms with E-state index in [0.717, 1.165) is 85.3 Å². The maximum absolute atomic E-state index is 11.4. The Bertz CT molecular complexity index is 2060. The Kier molecular flexibility index (Phi) is 10.6. The third-order valence-corrected chi connectivity index (χ3v) is 13.5. The lowest BCUT2D eigenvalue weighted by Gasteiger charge is -2.33. The van der Waals surface area contributed by atoms with E-state index in [0.29, 0.717) is 35.5 Å². The number of hydrogen-bond donors (Lipinski definition) is 2. The van der Waals surface area contributed by atoms with Crippen LogP contribution in [0.25, 0.3) is 11.0 Å². The van der Waals surface area contributed by atoms with Gasteiger partial charge in [-0.2, -0.15) is 0 Å². The van der Waals surface area contributed by atoms with Gasteiger partial charge in [-0.15, -0.1) is 0 Å². The van der Waals surface area contributed by atoms with E-state index in [9.17, 15) is 10.2 Å². The molecule has 8 heteroatoms. The number of pyridine rings is 2. The minimum Gasteiger partial charge on any atom is -0.497 e. The first-order valence-corrected chi connectivity index (χ1v) is 21.0. The van der Waals surface area contributed by atoms with E-state index in [4.69, 9.17) is 9.47 Å². The fourth-order valence-electron chi connectivity index (χ4n) is 9.90. The first-order valence-electron chi connectivity index (χ1n) is 21.0. The topological polar surface area (TPSA) is 93.5 Å². The molecule has 292 valence electrons. The molecule has 8 nitrogen and oxygen atoms in total. The number of hydrogen-bond acceptors (Lipinski definition) is 6. The molecular formula is C48H56N4O4. The monoisotopic (exact) mass is 752 g/mol. The predicted octanol–water partition coefficient (Wildman–Crippen LogP) is 10.5. The molecule has 0 radical (unpaired) electrons. The molecule has 0 unspecified atom stereocenters. The fraction of sp³-hybridized carbons (Fsp3) is 0.458. The van der Waals surface area contributed by atoms with Gasteiger partial charge in [0.1, 0.15) is 11.5 Å². The highest BCUT2D eigenvalue weighted by atomic mass is 16.5. The van der Waals surface area contributed by atoms with Crippen molar-refractivity contribution in [1.29, 1.82) is 0 Å². The quantitative estimate of drug-likeness (QED) is 0.145. The Morgan fingerprint density at radius 3 is 1.18 bits per heavy atom. The second kappa shape index (κ2) is 16.1. The molecule has 2 atom stereocenters. The summed E-state index contributed by atoms with van der Waals surface area (Å²) >= 11 is 0. The van der Waals surface area contributed by atoms with Crippen LogP contribution in [0.15, 0.2) is 97.8 Å². The smallest absolute Gasteiger partial charge is 0.118 e. The van der Waals surface area contributed by atoms with Gasteiger partial charge in [0.25, 0.3) is 0 Å². The molecule has 4 heterocycles. The van der Waals surface area contributed by atoms with E-state index in [-0.39, 0.29) is 0 Å². The van der Waals surface area contributed by atoms with Gasteiger partial charge in [-0.25, -0.2) is 9.97 Å². The van der Waals surface area contributed by atoms with Crippen molar-refractivity contribution in [3.8, 4) is 11.5 Å². The van der Waals surface area contributed by atoms with E-state index in [1.54, 1.807) is 14.2 Å². The molecule has 0 saturated heterocycles. The van der Waals surface area contributed by atoms with Crippen molar-refractivity contribution in [2.45, 2.75) is 113 Å². The number of nitrogens with zero attached hydrogens (tertiary/aromatic N) is 4. The van der Waals surface area contributed by atoms with Crippen LogP contribution in [0.2, 0.25) is 0 Å². The predicted molar refractivity (Wildman–Crippen MR) is 220 cm³/mol. The number of aliphatic hydroxyl groups is 2. The Labute approximate surface area is 330 Å². The fourth-order valence-corrected chi connectivity index (χ4v) is 9.90. The average Bonchev–Trinajstić information content (AvgIpc) is 4.19. The standard InChI is InChI=1S/2C24H28N2O2/c2*1-28-21-11-8-17(9-12-21)16-2-6-19(7-3-16)24(27)23-22(18-4-5-18)13-10-20-14-25-15-26(20)23/h2*8-16,18-19,24,27H,2-7H2,1H3/t2*16?,19?,24-/m10/s1. The van der Waals surface area contributed by atoms with E-state index in [1.165, 1.54) is 47.9 Å². The zero-order chi connectivity index (χ0) is 38.2. The molecule has 4 aliphatic carbocycles. The molecule has 2 N–H and O–H groups in total. The third-order valence-electron chi connectivity index (χ3n) is 13.5. The number of imidazole rings is 2. The maximum atomic E-state index is 11.4. The Hall–Kier alpha value is -4.66. The van der Waals surface area contributed by atoms with Crippen LogP contribution < -0.4 is 9.47 Å². The van der Waals surface area contributed by atoms with Crippen molar-refractivity contribution in [2.75, 3.05) is 14.2 Å². The second-order valence-corrected chi connectivity index (χ2v) is 16.9. The van der Waals surface area contributed by atoms with Crippen molar-refractivity contribution in [1.82, 2.24) is 18.8 Å². The Balaban J connectivity index is 0.000000146. The van der Waals surface area contributed by atoms with Gasteiger partial charge >= 0.3 is 0 Å². The van der Waals surface area contributed by atoms with Crippen molar-refractivity contribution in [3.63, 3.8) is 0 Å². The Morgan fingerprint density at radius 1 is 0.482 bits per heavy atom. The van der Waals surface area contributed by atoms with Gasteiger partial charge < -0.3 is 28.5 Å². The second-order valence-electron chi connectivity index (χ2n) is 16.9. The van der Waals surface area contributed by atoms with Gasteiger partial charge in [-0.05, 0) is 171 Å². The van der Waals surface area contributed by atoms with Crippen LogP contribution in [0, 0.1) is 11.8 Å². The SMILES string of the molecule is COc1ccc(C2CCC([C@@H](O)c3c(C4CC4)ccc4cncn34)CC2)cc1.COc1ccc(C2CCC([C@H](O)c3c(C4CC4)ccc4cncn34)CC2)cc1. The molecular weight excluding hydrogens is 697 g/mol. The summed E-state index contributed by atoms with van der Waals surface area (Å²) in [6.45, 7) is 0. The van der Waals surface area contributed by atoms with Crippen LogP contribution in [-0.2, 0) is 0 Å². The summed E-state index contributed by atoms with van der Waals surface area (Å²) in [6.07, 6.45) is 20.4. The highest BCUT2D eigenvalue weighted by molar-refractivity contribution is 5.51. The highest BCUT2D eigenvalue weighted by Gasteiger charge is 2.36. The van der Waals surface area contributed by atoms with Crippen LogP contribution in [0.4, 0.5) is 0 Å². The summed E-state index contributed by atoms with van der Waals surface area (Å²) < 4.78 is 14.8. The van der Waals surface area contributed by atoms with Crippen LogP contribution in [-0.4, -0.2) is 43.2 Å². The van der Waals surface area contributed by atoms with Crippen molar-refractivity contribution in [3.05, 3.63) is 131 Å². The molecule has 0 bridgehead atoms. The molecule has 4 saturated carbocycles. The lowest BCUT2D eigenvalue weighted by atomic mass is 9.75. The summed E-state index contributed by atoms with van der Waals surface area (Å²) in [7, 11) is 3.41. The zero-order valence-corrected chi connectivity index (χ0v) is 32.8. The largest absolute Gasteiger partial charge is 0.497 e. The first-order chi connectivity index (χ1) is 27.5. The molecule has 2 aromatic carbocycles. The van der Waals surface area contributed by atoms with Gasteiger partial charge in [0.05, 0.1) is 73.9 Å². The van der Waals surface area contributed by atoms with Crippen LogP contribution in [0.3, 0.4) is 0 Å². The summed E-state index contributed by atoms with van der Waals surface area (Å²) in [5, 5.41) is 22.8. The number of methoxy groups -OCH3 is 2. The third kappa shape index (κ3) is 7.58. The minimum absolute atomic E-state index is 0.319. The molecule has 4 fully saturated rings. The average molecular weight is 753 g/mol. The van der Waals surface area contributed by atoms with Gasteiger partial charge in [0.2, 0.25) is 0 Å². The van der Waals surface area contributed by atoms with E-state index in [2.05, 4.69) is 91.6 Å². The molecule has 10 rings (SSSR count). The maximum Gasteiger partial charge on any atom is 0.118 e. The number of rotatable bonds is 10. The lowest BCUT2D eigenvalue weighted by Crippen LogP contribution is -2.22. The Morgan fingerprint density at radius 2 is 0.839 bits per heavy atom. The molecule has 4 aromatic heterocycles. The van der Waals surface area contributed by atoms with Crippen molar-refractivity contribution in [2.24, 2.45) is 11.8 Å². The molecule has 0 aliphatic heterocycles. The summed E-state index contributed by atoms with van der Waals surface area (Å²) in [5.41, 5.74) is 9.77. The van der Waals surface area contributed by atoms with Gasteiger partial charge in [0.15, 0.2) is 0 Å². The number of aliphatic hydroxyl groups excluding tert-OH is 2. The molecule has 6 aromatic rings. The van der Waals surface area contributed by atoms with Crippen molar-refractivity contribution >= 4 is 11.0 Å². The van der Waals surface area contributed by atoms with E-state index >= 15 is 0 Å². The molecule has 0 amide bonds. The summed E-state index contributed by atoms with van der Waals surface area (Å²) in [4.78, 5) is 8.64. The normalized spacial score (nSPS) is 23.6. The van der Waals surface area contributed by atoms with Crippen LogP contribution >= 0.6 is 0 Å². The van der Waals surface area contributed by atoms with E-state index < -0.39 is 12.2 Å². The lowest BCUT2D eigenvalue weighted by molar-refractivity contribution is 0.0753. The van der Waals surface area contributed by atoms with Crippen LogP contribution in [0.1, 0.15) is 147 Å². The van der Waals surface area contributed by atoms with Crippen LogP contribution in [0.5, 0.6) is 11.5 Å². The van der Waals surface area contributed by atoms with Gasteiger partial charge in [-0.3, -0.25) is 0 Å². The summed E-state index contributed by atoms with van der Waals surface area (Å²) in [5.74, 6) is 4.87. The number of ether oxygens (including phenoxy) is 2. The highest BCUT2D eigenvalue weighted by Crippen LogP contribution is 2.49. The molecule has 0 spiro atoms. The number of aromatic nitrogens is 4. The summed E-state index contributed by atoms with van der Waals surface area (Å²) in [6, 6.07) is 25.7. The van der Waals surface area contributed by atoms with E-state index in [1.807, 2.05) is 25.0 Å². The number of benzene rings is 2. The van der Waals surface area contributed by atoms with Crippen molar-refractivity contribution < 1.29 is 19.7 Å². The van der Waals surface area contributed by atoms with Gasteiger partial charge in [-0.1, -0.05) is 36.4 Å². The first kappa shape index (κ1) is 36.9. The zero-order valence-electron chi connectivity index (χ0n) is 32.8. The van der Waals surface area contributed by atoms with Gasteiger partial charge in [0, 0.05) is 0 Å². The molecule has 4 aliphatic rings. The minimum atomic E-state index is -0.412.